The highest BCUT2D eigenvalue weighted by Crippen LogP contribution is 2.25. The number of piperidine rings is 1. The van der Waals surface area contributed by atoms with Crippen molar-refractivity contribution < 1.29 is 9.90 Å². The molecule has 0 bridgehead atoms. The number of hydrogen-bond donors (Lipinski definition) is 2. The lowest BCUT2D eigenvalue weighted by molar-refractivity contribution is 0.0461. The molecule has 2 aliphatic rings. The van der Waals surface area contributed by atoms with Gasteiger partial charge in [0, 0.05) is 30.3 Å². The van der Waals surface area contributed by atoms with Gasteiger partial charge in [-0.2, -0.15) is 5.10 Å². The third-order valence-electron chi connectivity index (χ3n) is 4.69. The molecule has 1 saturated heterocycles. The summed E-state index contributed by atoms with van der Waals surface area (Å²) in [5.41, 5.74) is 2.88. The highest BCUT2D eigenvalue weighted by atomic mass is 16.3. The molecule has 3 rings (SSSR count). The number of nitrogens with zero attached hydrogens (tertiary/aromatic N) is 2. The highest BCUT2D eigenvalue weighted by molar-refractivity contribution is 5.94. The Bertz CT molecular complexity index is 495. The van der Waals surface area contributed by atoms with Gasteiger partial charge in [-0.3, -0.25) is 9.89 Å². The van der Waals surface area contributed by atoms with E-state index in [9.17, 15) is 9.90 Å². The fraction of sp³-hybridized carbons (Fsp3) is 0.733. The number of carbonyl (C=O) groups is 1. The van der Waals surface area contributed by atoms with Crippen LogP contribution in [0.2, 0.25) is 0 Å². The van der Waals surface area contributed by atoms with Crippen LogP contribution in [0.4, 0.5) is 0 Å². The van der Waals surface area contributed by atoms with Crippen LogP contribution in [-0.2, 0) is 12.8 Å². The first-order valence-electron chi connectivity index (χ1n) is 7.70. The molecule has 0 aromatic carbocycles. The third kappa shape index (κ3) is 2.46. The van der Waals surface area contributed by atoms with Gasteiger partial charge < -0.3 is 10.0 Å². The van der Waals surface area contributed by atoms with Gasteiger partial charge in [0.1, 0.15) is 0 Å². The fourth-order valence-electron chi connectivity index (χ4n) is 3.40. The topological polar surface area (TPSA) is 69.2 Å². The van der Waals surface area contributed by atoms with Crippen molar-refractivity contribution in [3.8, 4) is 0 Å². The number of H-pyrrole nitrogens is 1. The summed E-state index contributed by atoms with van der Waals surface area (Å²) in [6.45, 7) is 3.25. The van der Waals surface area contributed by atoms with E-state index in [-0.39, 0.29) is 17.9 Å². The fourth-order valence-corrected chi connectivity index (χ4v) is 3.40. The Morgan fingerprint density at radius 2 is 2.20 bits per heavy atom. The van der Waals surface area contributed by atoms with Crippen LogP contribution in [0, 0.1) is 5.92 Å². The van der Waals surface area contributed by atoms with E-state index in [1.807, 2.05) is 11.8 Å². The number of fused-ring (bicyclic) bond motifs is 1. The van der Waals surface area contributed by atoms with Gasteiger partial charge in [-0.15, -0.1) is 0 Å². The van der Waals surface area contributed by atoms with E-state index in [0.717, 1.165) is 49.9 Å². The van der Waals surface area contributed by atoms with Crippen LogP contribution in [0.25, 0.3) is 0 Å². The van der Waals surface area contributed by atoms with Crippen LogP contribution < -0.4 is 0 Å². The van der Waals surface area contributed by atoms with E-state index in [1.165, 1.54) is 6.42 Å². The molecule has 5 heteroatoms. The van der Waals surface area contributed by atoms with Crippen molar-refractivity contribution in [2.75, 3.05) is 13.1 Å². The zero-order chi connectivity index (χ0) is 14.1. The van der Waals surface area contributed by atoms with Crippen molar-refractivity contribution in [2.45, 2.75) is 51.6 Å². The number of aliphatic hydroxyl groups excluding tert-OH is 1. The Morgan fingerprint density at radius 3 is 3.00 bits per heavy atom. The van der Waals surface area contributed by atoms with Gasteiger partial charge in [0.15, 0.2) is 5.69 Å². The van der Waals surface area contributed by atoms with Crippen LogP contribution in [-0.4, -0.2) is 45.3 Å². The minimum atomic E-state index is -0.348. The second-order valence-electron chi connectivity index (χ2n) is 6.13. The quantitative estimate of drug-likeness (QED) is 0.861. The Hall–Kier alpha value is -1.36. The van der Waals surface area contributed by atoms with E-state index in [0.29, 0.717) is 12.2 Å². The van der Waals surface area contributed by atoms with Crippen molar-refractivity contribution in [1.82, 2.24) is 15.1 Å². The molecule has 1 aliphatic heterocycles. The molecular weight excluding hydrogens is 254 g/mol. The lowest BCUT2D eigenvalue weighted by Gasteiger charge is -2.34. The maximum atomic E-state index is 12.7. The van der Waals surface area contributed by atoms with Gasteiger partial charge in [0.25, 0.3) is 5.91 Å². The van der Waals surface area contributed by atoms with Gasteiger partial charge in [0.2, 0.25) is 0 Å². The molecule has 1 aromatic rings. The van der Waals surface area contributed by atoms with Crippen LogP contribution in [0.3, 0.4) is 0 Å². The number of hydrogen-bond acceptors (Lipinski definition) is 3. The number of rotatable bonds is 2. The van der Waals surface area contributed by atoms with Crippen LogP contribution >= 0.6 is 0 Å². The first kappa shape index (κ1) is 13.6. The SMILES string of the molecule is CC(O)C1CCCN(C(=O)c2n[nH]c3c2CCCC3)C1. The number of amides is 1. The average molecular weight is 277 g/mol. The first-order valence-corrected chi connectivity index (χ1v) is 7.70. The van der Waals surface area contributed by atoms with Crippen molar-refractivity contribution in [1.29, 1.82) is 0 Å². The predicted octanol–water partition coefficient (Wildman–Crippen LogP) is 1.52. The number of aliphatic hydroxyl groups is 1. The molecule has 0 spiro atoms. The number of aromatic nitrogens is 2. The minimum absolute atomic E-state index is 0.0368. The van der Waals surface area contributed by atoms with E-state index in [1.54, 1.807) is 0 Å². The van der Waals surface area contributed by atoms with Gasteiger partial charge in [-0.1, -0.05) is 0 Å². The van der Waals surface area contributed by atoms with Crippen molar-refractivity contribution in [3.05, 3.63) is 17.0 Å². The second kappa shape index (κ2) is 5.56. The lowest BCUT2D eigenvalue weighted by Crippen LogP contribution is -2.43. The maximum absolute atomic E-state index is 12.7. The molecule has 20 heavy (non-hydrogen) atoms. The lowest BCUT2D eigenvalue weighted by atomic mass is 9.92. The highest BCUT2D eigenvalue weighted by Gasteiger charge is 2.30. The summed E-state index contributed by atoms with van der Waals surface area (Å²) in [5, 5.41) is 17.0. The molecule has 2 atom stereocenters. The van der Waals surface area contributed by atoms with Crippen molar-refractivity contribution in [3.63, 3.8) is 0 Å². The summed E-state index contributed by atoms with van der Waals surface area (Å²) < 4.78 is 0. The van der Waals surface area contributed by atoms with Crippen molar-refractivity contribution >= 4 is 5.91 Å². The predicted molar refractivity (Wildman–Crippen MR) is 75.5 cm³/mol. The summed E-state index contributed by atoms with van der Waals surface area (Å²) in [5.74, 6) is 0.234. The van der Waals surface area contributed by atoms with Crippen LogP contribution in [0.15, 0.2) is 0 Å². The first-order chi connectivity index (χ1) is 9.66. The van der Waals surface area contributed by atoms with Gasteiger partial charge in [-0.25, -0.2) is 0 Å². The third-order valence-corrected chi connectivity index (χ3v) is 4.69. The van der Waals surface area contributed by atoms with Gasteiger partial charge in [0.05, 0.1) is 6.10 Å². The van der Waals surface area contributed by atoms with Crippen LogP contribution in [0.5, 0.6) is 0 Å². The molecular formula is C15H23N3O2. The monoisotopic (exact) mass is 277 g/mol. The molecule has 5 nitrogen and oxygen atoms in total. The molecule has 2 unspecified atom stereocenters. The maximum Gasteiger partial charge on any atom is 0.274 e. The number of likely N-dealkylation sites (tertiary alicyclic amines) is 1. The van der Waals surface area contributed by atoms with E-state index < -0.39 is 0 Å². The molecule has 2 heterocycles. The average Bonchev–Trinajstić information content (AvgIpc) is 2.90. The summed E-state index contributed by atoms with van der Waals surface area (Å²) in [6, 6.07) is 0. The Morgan fingerprint density at radius 1 is 1.40 bits per heavy atom. The Balaban J connectivity index is 1.77. The van der Waals surface area contributed by atoms with E-state index >= 15 is 0 Å². The molecule has 1 fully saturated rings. The zero-order valence-electron chi connectivity index (χ0n) is 12.1. The molecule has 110 valence electrons. The second-order valence-corrected chi connectivity index (χ2v) is 6.13. The van der Waals surface area contributed by atoms with Crippen molar-refractivity contribution in [2.24, 2.45) is 5.92 Å². The molecule has 1 aliphatic carbocycles. The molecule has 1 aromatic heterocycles. The zero-order valence-corrected chi connectivity index (χ0v) is 12.1. The number of aromatic amines is 1. The summed E-state index contributed by atoms with van der Waals surface area (Å²) in [4.78, 5) is 14.5. The molecule has 0 radical (unpaired) electrons. The van der Waals surface area contributed by atoms with Crippen LogP contribution in [0.1, 0.15) is 54.4 Å². The molecule has 2 N–H and O–H groups in total. The van der Waals surface area contributed by atoms with Gasteiger partial charge >= 0.3 is 0 Å². The molecule has 0 saturated carbocycles. The van der Waals surface area contributed by atoms with Gasteiger partial charge in [-0.05, 0) is 45.4 Å². The standard InChI is InChI=1S/C15H23N3O2/c1-10(19)11-5-4-8-18(9-11)15(20)14-12-6-2-3-7-13(12)16-17-14/h10-11,19H,2-9H2,1H3,(H,16,17). The Labute approximate surface area is 119 Å². The molecule has 1 amide bonds. The summed E-state index contributed by atoms with van der Waals surface area (Å²) in [6.07, 6.45) is 5.90. The summed E-state index contributed by atoms with van der Waals surface area (Å²) in [7, 11) is 0. The largest absolute Gasteiger partial charge is 0.393 e. The van der Waals surface area contributed by atoms with E-state index in [2.05, 4.69) is 10.2 Å². The summed E-state index contributed by atoms with van der Waals surface area (Å²) >= 11 is 0. The van der Waals surface area contributed by atoms with E-state index in [4.69, 9.17) is 0 Å². The number of nitrogens with one attached hydrogen (secondary N) is 1. The minimum Gasteiger partial charge on any atom is -0.393 e. The number of carbonyl (C=O) groups excluding carboxylic acids is 1. The number of aryl methyl sites for hydroxylation is 1. The Kier molecular flexibility index (Phi) is 3.78. The smallest absolute Gasteiger partial charge is 0.274 e. The normalized spacial score (nSPS) is 24.3.